The van der Waals surface area contributed by atoms with Gasteiger partial charge >= 0.3 is 5.56 Å². The number of phenolic OH excluding ortho intramolecular Hbond substituents is 1. The standard InChI is InChI=1S/C30H25FN2O4/c1-20-29(23-9-13-25(34)14-10-23)32-16-4-3-5-28(32)33(30(20)35)18-22-8-15-26(27(17-22)36-2)37-19-21-6-11-24(31)12-7-21/h3-17H,18-19H2,1-2H3/p+1. The fourth-order valence-corrected chi connectivity index (χ4v) is 4.41. The Morgan fingerprint density at radius 3 is 2.38 bits per heavy atom. The molecule has 1 N–H and O–H groups in total. The second kappa shape index (κ2) is 10.1. The molecule has 2 heterocycles. The largest absolute Gasteiger partial charge is 0.508 e. The highest BCUT2D eigenvalue weighted by atomic mass is 19.1. The molecule has 5 aromatic rings. The zero-order valence-electron chi connectivity index (χ0n) is 20.5. The maximum absolute atomic E-state index is 13.6. The van der Waals surface area contributed by atoms with E-state index >= 15 is 0 Å². The molecule has 186 valence electrons. The highest BCUT2D eigenvalue weighted by Crippen LogP contribution is 2.29. The van der Waals surface area contributed by atoms with E-state index in [9.17, 15) is 14.3 Å². The van der Waals surface area contributed by atoms with Gasteiger partial charge in [-0.15, -0.1) is 0 Å². The van der Waals surface area contributed by atoms with Crippen molar-refractivity contribution in [2.24, 2.45) is 0 Å². The van der Waals surface area contributed by atoms with Gasteiger partial charge < -0.3 is 14.6 Å². The first-order chi connectivity index (χ1) is 17.9. The van der Waals surface area contributed by atoms with Crippen molar-refractivity contribution in [1.82, 2.24) is 4.57 Å². The Kier molecular flexibility index (Phi) is 6.60. The molecule has 0 saturated heterocycles. The first-order valence-electron chi connectivity index (χ1n) is 11.8. The van der Waals surface area contributed by atoms with Crippen LogP contribution < -0.4 is 19.4 Å². The van der Waals surface area contributed by atoms with Crippen LogP contribution in [0.1, 0.15) is 16.7 Å². The number of hydrogen-bond acceptors (Lipinski definition) is 4. The van der Waals surface area contributed by atoms with Crippen LogP contribution in [0.15, 0.2) is 95.9 Å². The summed E-state index contributed by atoms with van der Waals surface area (Å²) in [7, 11) is 1.57. The summed E-state index contributed by atoms with van der Waals surface area (Å²) >= 11 is 0. The first-order valence-corrected chi connectivity index (χ1v) is 11.8. The van der Waals surface area contributed by atoms with Crippen molar-refractivity contribution < 1.29 is 23.4 Å². The molecule has 3 aromatic carbocycles. The van der Waals surface area contributed by atoms with Crippen LogP contribution in [0, 0.1) is 12.7 Å². The molecule has 2 aromatic heterocycles. The van der Waals surface area contributed by atoms with Crippen LogP contribution in [0.2, 0.25) is 0 Å². The van der Waals surface area contributed by atoms with Crippen LogP contribution in [0.5, 0.6) is 17.2 Å². The summed E-state index contributed by atoms with van der Waals surface area (Å²) in [4.78, 5) is 13.6. The quantitative estimate of drug-likeness (QED) is 0.320. The van der Waals surface area contributed by atoms with E-state index in [4.69, 9.17) is 9.47 Å². The van der Waals surface area contributed by atoms with E-state index in [1.54, 1.807) is 48.1 Å². The SMILES string of the molecule is COc1cc(Cn2c(=O)c(C)c(-c3ccc(O)cc3)[n+]3ccccc23)ccc1OCc1ccc(F)cc1. The van der Waals surface area contributed by atoms with Crippen molar-refractivity contribution in [2.45, 2.75) is 20.1 Å². The van der Waals surface area contributed by atoms with Crippen molar-refractivity contribution in [3.8, 4) is 28.5 Å². The van der Waals surface area contributed by atoms with Crippen molar-refractivity contribution in [3.05, 3.63) is 124 Å². The number of benzene rings is 3. The maximum Gasteiger partial charge on any atom is 0.341 e. The van der Waals surface area contributed by atoms with E-state index < -0.39 is 0 Å². The molecule has 0 aliphatic carbocycles. The van der Waals surface area contributed by atoms with Gasteiger partial charge in [-0.1, -0.05) is 24.3 Å². The summed E-state index contributed by atoms with van der Waals surface area (Å²) < 4.78 is 28.4. The number of rotatable bonds is 7. The van der Waals surface area contributed by atoms with Crippen LogP contribution >= 0.6 is 0 Å². The van der Waals surface area contributed by atoms with Crippen molar-refractivity contribution in [2.75, 3.05) is 7.11 Å². The number of aromatic nitrogens is 2. The van der Waals surface area contributed by atoms with Crippen molar-refractivity contribution in [3.63, 3.8) is 0 Å². The number of halogens is 1. The molecule has 0 saturated carbocycles. The Hall–Kier alpha value is -4.65. The number of phenols is 1. The van der Waals surface area contributed by atoms with Gasteiger partial charge in [-0.25, -0.2) is 9.18 Å². The van der Waals surface area contributed by atoms with E-state index in [0.29, 0.717) is 23.6 Å². The molecule has 0 amide bonds. The molecule has 0 unspecified atom stereocenters. The predicted molar refractivity (Wildman–Crippen MR) is 139 cm³/mol. The second-order valence-electron chi connectivity index (χ2n) is 8.74. The molecule has 7 heteroatoms. The Labute approximate surface area is 213 Å². The summed E-state index contributed by atoms with van der Waals surface area (Å²) in [6, 6.07) is 24.3. The van der Waals surface area contributed by atoms with Crippen LogP contribution in [0.4, 0.5) is 4.39 Å². The van der Waals surface area contributed by atoms with Gasteiger partial charge in [0.25, 0.3) is 5.65 Å². The third-order valence-electron chi connectivity index (χ3n) is 6.29. The van der Waals surface area contributed by atoms with Gasteiger partial charge in [0.15, 0.2) is 17.2 Å². The summed E-state index contributed by atoms with van der Waals surface area (Å²) in [5.74, 6) is 0.976. The number of aromatic hydroxyl groups is 1. The Morgan fingerprint density at radius 2 is 1.65 bits per heavy atom. The van der Waals surface area contributed by atoms with E-state index in [0.717, 1.165) is 28.0 Å². The van der Waals surface area contributed by atoms with E-state index in [-0.39, 0.29) is 23.7 Å². The van der Waals surface area contributed by atoms with Gasteiger partial charge in [0.1, 0.15) is 24.7 Å². The van der Waals surface area contributed by atoms with Crippen LogP contribution in [0.25, 0.3) is 16.9 Å². The van der Waals surface area contributed by atoms with E-state index in [1.807, 2.05) is 53.9 Å². The zero-order chi connectivity index (χ0) is 25.9. The predicted octanol–water partition coefficient (Wildman–Crippen LogP) is 5.04. The van der Waals surface area contributed by atoms with Crippen LogP contribution in [0.3, 0.4) is 0 Å². The lowest BCUT2D eigenvalue weighted by molar-refractivity contribution is -0.504. The average molecular weight is 498 g/mol. The Balaban J connectivity index is 1.49. The van der Waals surface area contributed by atoms with Gasteiger partial charge in [-0.3, -0.25) is 0 Å². The number of nitrogens with zero attached hydrogens (tertiary/aromatic N) is 2. The normalized spacial score (nSPS) is 11.0. The lowest BCUT2D eigenvalue weighted by Gasteiger charge is -2.13. The molecule has 0 aliphatic rings. The lowest BCUT2D eigenvalue weighted by Crippen LogP contribution is -2.38. The highest BCUT2D eigenvalue weighted by Gasteiger charge is 2.22. The summed E-state index contributed by atoms with van der Waals surface area (Å²) in [6.07, 6.45) is 1.92. The second-order valence-corrected chi connectivity index (χ2v) is 8.74. The van der Waals surface area contributed by atoms with E-state index in [2.05, 4.69) is 0 Å². The summed E-state index contributed by atoms with van der Waals surface area (Å²) in [5, 5.41) is 9.71. The molecule has 37 heavy (non-hydrogen) atoms. The Morgan fingerprint density at radius 1 is 0.919 bits per heavy atom. The molecule has 0 atom stereocenters. The third kappa shape index (κ3) is 4.89. The average Bonchev–Trinajstić information content (AvgIpc) is 2.92. The Bertz CT molecular complexity index is 1630. The monoisotopic (exact) mass is 497 g/mol. The molecule has 0 bridgehead atoms. The molecular formula is C30H26FN2O4+. The smallest absolute Gasteiger partial charge is 0.341 e. The fraction of sp³-hybridized carbons (Fsp3) is 0.133. The minimum atomic E-state index is -0.294. The first kappa shape index (κ1) is 24.1. The maximum atomic E-state index is 13.6. The number of ether oxygens (including phenoxy) is 2. The summed E-state index contributed by atoms with van der Waals surface area (Å²) in [6.45, 7) is 2.42. The van der Waals surface area contributed by atoms with Gasteiger partial charge in [-0.05, 0) is 72.6 Å². The zero-order valence-corrected chi connectivity index (χ0v) is 20.5. The lowest BCUT2D eigenvalue weighted by atomic mass is 10.1. The molecule has 0 spiro atoms. The number of pyridine rings is 1. The van der Waals surface area contributed by atoms with E-state index in [1.165, 1.54) is 12.1 Å². The molecule has 0 radical (unpaired) electrons. The molecular weight excluding hydrogens is 471 g/mol. The van der Waals surface area contributed by atoms with Crippen molar-refractivity contribution >= 4 is 5.65 Å². The molecule has 5 rings (SSSR count). The van der Waals surface area contributed by atoms with Crippen LogP contribution in [-0.4, -0.2) is 16.8 Å². The van der Waals surface area contributed by atoms with Crippen LogP contribution in [-0.2, 0) is 13.2 Å². The van der Waals surface area contributed by atoms with Gasteiger partial charge in [0, 0.05) is 11.6 Å². The summed E-state index contributed by atoms with van der Waals surface area (Å²) in [5.41, 5.74) is 4.55. The van der Waals surface area contributed by atoms with Crippen molar-refractivity contribution in [1.29, 1.82) is 0 Å². The van der Waals surface area contributed by atoms with Gasteiger partial charge in [-0.2, -0.15) is 8.97 Å². The number of methoxy groups -OCH3 is 1. The molecule has 6 nitrogen and oxygen atoms in total. The minimum Gasteiger partial charge on any atom is -0.508 e. The fourth-order valence-electron chi connectivity index (χ4n) is 4.41. The number of fused-ring (bicyclic) bond motifs is 1. The molecule has 0 aliphatic heterocycles. The minimum absolute atomic E-state index is 0.107. The number of hydrogen-bond donors (Lipinski definition) is 1. The topological polar surface area (TPSA) is 64.8 Å². The highest BCUT2D eigenvalue weighted by molar-refractivity contribution is 5.61. The molecule has 0 fully saturated rings. The third-order valence-corrected chi connectivity index (χ3v) is 6.29. The van der Waals surface area contributed by atoms with Gasteiger partial charge in [0.05, 0.1) is 18.9 Å². The van der Waals surface area contributed by atoms with Gasteiger partial charge in [0.2, 0.25) is 0 Å².